The van der Waals surface area contributed by atoms with Crippen LogP contribution in [0.3, 0.4) is 0 Å². The van der Waals surface area contributed by atoms with E-state index in [0.717, 1.165) is 16.9 Å². The van der Waals surface area contributed by atoms with Gasteiger partial charge in [-0.25, -0.2) is 0 Å². The molecule has 1 saturated heterocycles. The van der Waals surface area contributed by atoms with E-state index in [4.69, 9.17) is 14.2 Å². The number of amides is 2. The van der Waals surface area contributed by atoms with Gasteiger partial charge >= 0.3 is 5.97 Å². The van der Waals surface area contributed by atoms with Crippen molar-refractivity contribution < 1.29 is 28.6 Å². The molecule has 4 rings (SSSR count). The number of aryl methyl sites for hydroxylation is 2. The molecule has 0 saturated carbocycles. The first-order valence-electron chi connectivity index (χ1n) is 11.6. The zero-order valence-electron chi connectivity index (χ0n) is 20.4. The van der Waals surface area contributed by atoms with E-state index in [2.05, 4.69) is 5.32 Å². The fourth-order valence-electron chi connectivity index (χ4n) is 3.98. The Morgan fingerprint density at radius 1 is 0.944 bits per heavy atom. The smallest absolute Gasteiger partial charge is 0.311 e. The number of nitrogens with one attached hydrogen (secondary N) is 1. The highest BCUT2D eigenvalue weighted by molar-refractivity contribution is 6.00. The summed E-state index contributed by atoms with van der Waals surface area (Å²) in [5, 5.41) is 2.74. The highest BCUT2D eigenvalue weighted by Gasteiger charge is 2.36. The van der Waals surface area contributed by atoms with E-state index in [-0.39, 0.29) is 18.9 Å². The molecule has 0 radical (unpaired) electrons. The number of hydrogen-bond donors (Lipinski definition) is 1. The lowest BCUT2D eigenvalue weighted by Crippen LogP contribution is -2.28. The summed E-state index contributed by atoms with van der Waals surface area (Å²) in [6, 6.07) is 19.9. The summed E-state index contributed by atoms with van der Waals surface area (Å²) in [7, 11) is 1.60. The summed E-state index contributed by atoms with van der Waals surface area (Å²) in [6.45, 7) is 3.64. The summed E-state index contributed by atoms with van der Waals surface area (Å²) in [4.78, 5) is 38.9. The number of anilines is 2. The number of esters is 1. The van der Waals surface area contributed by atoms with Gasteiger partial charge in [0, 0.05) is 24.3 Å². The van der Waals surface area contributed by atoms with E-state index in [1.54, 1.807) is 60.5 Å². The molecule has 36 heavy (non-hydrogen) atoms. The van der Waals surface area contributed by atoms with Crippen molar-refractivity contribution in [3.63, 3.8) is 0 Å². The predicted octanol–water partition coefficient (Wildman–Crippen LogP) is 4.64. The molecular weight excluding hydrogens is 460 g/mol. The maximum absolute atomic E-state index is 12.6. The van der Waals surface area contributed by atoms with Crippen LogP contribution in [0.15, 0.2) is 66.7 Å². The summed E-state index contributed by atoms with van der Waals surface area (Å²) in [5.41, 5.74) is 3.34. The molecule has 8 nitrogen and oxygen atoms in total. The molecule has 1 aliphatic rings. The summed E-state index contributed by atoms with van der Waals surface area (Å²) >= 11 is 0. The van der Waals surface area contributed by atoms with Crippen LogP contribution >= 0.6 is 0 Å². The van der Waals surface area contributed by atoms with Gasteiger partial charge in [-0.15, -0.1) is 0 Å². The van der Waals surface area contributed by atoms with Crippen LogP contribution in [0.4, 0.5) is 11.4 Å². The third kappa shape index (κ3) is 6.02. The lowest BCUT2D eigenvalue weighted by atomic mass is 10.1. The molecule has 0 unspecified atom stereocenters. The van der Waals surface area contributed by atoms with Crippen molar-refractivity contribution in [3.8, 4) is 17.2 Å². The Hall–Kier alpha value is -4.33. The van der Waals surface area contributed by atoms with Crippen molar-refractivity contribution in [2.45, 2.75) is 20.3 Å². The van der Waals surface area contributed by atoms with Gasteiger partial charge in [0.05, 0.1) is 13.0 Å². The molecule has 0 spiro atoms. The second-order valence-electron chi connectivity index (χ2n) is 8.65. The number of benzene rings is 3. The number of hydrogen-bond acceptors (Lipinski definition) is 6. The molecule has 1 aliphatic heterocycles. The van der Waals surface area contributed by atoms with Crippen molar-refractivity contribution >= 4 is 29.2 Å². The van der Waals surface area contributed by atoms with Crippen molar-refractivity contribution in [1.29, 1.82) is 0 Å². The Labute approximate surface area is 209 Å². The molecule has 3 aromatic rings. The van der Waals surface area contributed by atoms with Crippen molar-refractivity contribution in [3.05, 3.63) is 77.9 Å². The Morgan fingerprint density at radius 2 is 1.58 bits per heavy atom. The third-order valence-corrected chi connectivity index (χ3v) is 5.90. The molecule has 0 aliphatic carbocycles. The zero-order valence-corrected chi connectivity index (χ0v) is 20.4. The van der Waals surface area contributed by atoms with Gasteiger partial charge in [0.2, 0.25) is 5.91 Å². The van der Waals surface area contributed by atoms with Crippen LogP contribution < -0.4 is 19.7 Å². The van der Waals surface area contributed by atoms with E-state index < -0.39 is 24.4 Å². The quantitative estimate of drug-likeness (QED) is 0.465. The van der Waals surface area contributed by atoms with Crippen molar-refractivity contribution in [2.75, 3.05) is 30.5 Å². The topological polar surface area (TPSA) is 94.2 Å². The van der Waals surface area contributed by atoms with Crippen LogP contribution in [0.1, 0.15) is 17.5 Å². The molecule has 186 valence electrons. The second kappa shape index (κ2) is 10.9. The molecule has 1 heterocycles. The molecule has 0 bridgehead atoms. The highest BCUT2D eigenvalue weighted by atomic mass is 16.5. The van der Waals surface area contributed by atoms with E-state index in [9.17, 15) is 14.4 Å². The lowest BCUT2D eigenvalue weighted by molar-refractivity contribution is -0.151. The molecule has 8 heteroatoms. The molecule has 3 aromatic carbocycles. The first-order chi connectivity index (χ1) is 17.3. The SMILES string of the molecule is COc1ccc(Oc2ccc(N3C[C@@H](C(=O)OCC(=O)Nc4ccc(C)cc4C)CC3=O)cc2)cc1. The monoisotopic (exact) mass is 488 g/mol. The maximum Gasteiger partial charge on any atom is 0.311 e. The minimum absolute atomic E-state index is 0.0294. The standard InChI is InChI=1S/C28H28N2O6/c1-18-4-13-25(19(2)14-18)29-26(31)17-35-28(33)20-15-27(32)30(16-20)21-5-7-23(8-6-21)36-24-11-9-22(34-3)10-12-24/h4-14,20H,15-17H2,1-3H3,(H,29,31)/t20-/m0/s1. The lowest BCUT2D eigenvalue weighted by Gasteiger charge is -2.17. The largest absolute Gasteiger partial charge is 0.497 e. The van der Waals surface area contributed by atoms with Gasteiger partial charge in [-0.1, -0.05) is 17.7 Å². The van der Waals surface area contributed by atoms with Gasteiger partial charge in [0.25, 0.3) is 5.91 Å². The first kappa shape index (κ1) is 24.8. The van der Waals surface area contributed by atoms with E-state index in [0.29, 0.717) is 22.9 Å². The third-order valence-electron chi connectivity index (χ3n) is 5.90. The molecule has 1 atom stereocenters. The van der Waals surface area contributed by atoms with Crippen LogP contribution in [0, 0.1) is 19.8 Å². The fraction of sp³-hybridized carbons (Fsp3) is 0.250. The first-order valence-corrected chi connectivity index (χ1v) is 11.6. The number of nitrogens with zero attached hydrogens (tertiary/aromatic N) is 1. The molecular formula is C28H28N2O6. The summed E-state index contributed by atoms with van der Waals surface area (Å²) in [6.07, 6.45) is 0.0294. The second-order valence-corrected chi connectivity index (χ2v) is 8.65. The molecule has 1 N–H and O–H groups in total. The summed E-state index contributed by atoms with van der Waals surface area (Å²) < 4.78 is 16.2. The van der Waals surface area contributed by atoms with Gasteiger partial charge in [0.1, 0.15) is 17.2 Å². The van der Waals surface area contributed by atoms with Crippen LogP contribution in [-0.4, -0.2) is 38.0 Å². The Kier molecular flexibility index (Phi) is 7.53. The van der Waals surface area contributed by atoms with E-state index >= 15 is 0 Å². The predicted molar refractivity (Wildman–Crippen MR) is 135 cm³/mol. The van der Waals surface area contributed by atoms with Crippen LogP contribution in [-0.2, 0) is 19.1 Å². The average Bonchev–Trinajstić information content (AvgIpc) is 3.27. The van der Waals surface area contributed by atoms with Gasteiger partial charge in [-0.3, -0.25) is 14.4 Å². The van der Waals surface area contributed by atoms with E-state index in [1.165, 1.54) is 0 Å². The van der Waals surface area contributed by atoms with Gasteiger partial charge < -0.3 is 24.4 Å². The minimum Gasteiger partial charge on any atom is -0.497 e. The minimum atomic E-state index is -0.637. The zero-order chi connectivity index (χ0) is 25.7. The Balaban J connectivity index is 1.29. The summed E-state index contributed by atoms with van der Waals surface area (Å²) in [5.74, 6) is 0.194. The van der Waals surface area contributed by atoms with Gasteiger partial charge in [0.15, 0.2) is 6.61 Å². The average molecular weight is 489 g/mol. The number of carbonyl (C=O) groups excluding carboxylic acids is 3. The Bertz CT molecular complexity index is 1250. The molecule has 1 fully saturated rings. The Morgan fingerprint density at radius 3 is 2.22 bits per heavy atom. The van der Waals surface area contributed by atoms with Crippen LogP contribution in [0.5, 0.6) is 17.2 Å². The highest BCUT2D eigenvalue weighted by Crippen LogP contribution is 2.29. The number of methoxy groups -OCH3 is 1. The molecule has 2 amide bonds. The van der Waals surface area contributed by atoms with Crippen LogP contribution in [0.2, 0.25) is 0 Å². The normalized spacial score (nSPS) is 14.9. The maximum atomic E-state index is 12.6. The fourth-order valence-corrected chi connectivity index (χ4v) is 3.98. The van der Waals surface area contributed by atoms with E-state index in [1.807, 2.05) is 32.0 Å². The number of ether oxygens (including phenoxy) is 3. The van der Waals surface area contributed by atoms with Crippen molar-refractivity contribution in [1.82, 2.24) is 0 Å². The molecule has 0 aromatic heterocycles. The van der Waals surface area contributed by atoms with Gasteiger partial charge in [-0.05, 0) is 74.0 Å². The number of rotatable bonds is 8. The van der Waals surface area contributed by atoms with Gasteiger partial charge in [-0.2, -0.15) is 0 Å². The van der Waals surface area contributed by atoms with Crippen molar-refractivity contribution in [2.24, 2.45) is 5.92 Å². The number of carbonyl (C=O) groups is 3. The van der Waals surface area contributed by atoms with Crippen LogP contribution in [0.25, 0.3) is 0 Å².